The zero-order valence-corrected chi connectivity index (χ0v) is 16.5. The largest absolute Gasteiger partial charge is 0.379 e. The van der Waals surface area contributed by atoms with E-state index in [9.17, 15) is 0 Å². The summed E-state index contributed by atoms with van der Waals surface area (Å²) in [6.07, 6.45) is 5.99. The molecule has 0 atom stereocenters. The Morgan fingerprint density at radius 1 is 0.889 bits per heavy atom. The molecule has 0 amide bonds. The zero-order chi connectivity index (χ0) is 19.0. The predicted molar refractivity (Wildman–Crippen MR) is 107 cm³/mol. The van der Waals surface area contributed by atoms with Crippen LogP contribution in [0.25, 0.3) is 0 Å². The molecule has 1 fully saturated rings. The molecule has 0 bridgehead atoms. The van der Waals surface area contributed by atoms with E-state index >= 15 is 0 Å². The summed E-state index contributed by atoms with van der Waals surface area (Å²) in [6.45, 7) is 7.11. The Kier molecular flexibility index (Phi) is 12.3. The van der Waals surface area contributed by atoms with Gasteiger partial charge in [-0.2, -0.15) is 0 Å². The molecule has 1 aliphatic rings. The lowest BCUT2D eigenvalue weighted by Gasteiger charge is -2.32. The van der Waals surface area contributed by atoms with Crippen molar-refractivity contribution in [1.82, 2.24) is 10.2 Å². The summed E-state index contributed by atoms with van der Waals surface area (Å²) < 4.78 is 10.7. The molecule has 2 N–H and O–H groups in total. The molecule has 27 heavy (non-hydrogen) atoms. The van der Waals surface area contributed by atoms with E-state index in [1.165, 1.54) is 44.3 Å². The molecule has 0 radical (unpaired) electrons. The minimum Gasteiger partial charge on any atom is -0.379 e. The number of hydrogen-bond acceptors (Lipinski definition) is 6. The van der Waals surface area contributed by atoms with Gasteiger partial charge in [0.2, 0.25) is 0 Å². The van der Waals surface area contributed by atoms with Crippen molar-refractivity contribution in [2.75, 3.05) is 52.7 Å². The number of rotatable bonds is 15. The highest BCUT2D eigenvalue weighted by molar-refractivity contribution is 5.14. The van der Waals surface area contributed by atoms with E-state index in [1.807, 2.05) is 0 Å². The maximum atomic E-state index is 8.14. The number of likely N-dealkylation sites (tertiary alicyclic amines) is 1. The van der Waals surface area contributed by atoms with Gasteiger partial charge in [0, 0.05) is 19.2 Å². The molecule has 6 heteroatoms. The van der Waals surface area contributed by atoms with Crippen LogP contribution in [-0.2, 0) is 20.9 Å². The van der Waals surface area contributed by atoms with Crippen molar-refractivity contribution >= 4 is 0 Å². The Morgan fingerprint density at radius 2 is 1.59 bits per heavy atom. The van der Waals surface area contributed by atoms with E-state index in [0.29, 0.717) is 25.9 Å². The number of hydrogen-bond donors (Lipinski definition) is 2. The van der Waals surface area contributed by atoms with Gasteiger partial charge in [0.05, 0.1) is 19.8 Å². The second kappa shape index (κ2) is 15.0. The highest BCUT2D eigenvalue weighted by Gasteiger charge is 2.18. The second-order valence-corrected chi connectivity index (χ2v) is 7.11. The summed E-state index contributed by atoms with van der Waals surface area (Å²) in [5, 5.41) is 11.9. The molecule has 2 rings (SSSR count). The highest BCUT2D eigenvalue weighted by atomic mass is 17.1. The first kappa shape index (κ1) is 22.3. The summed E-state index contributed by atoms with van der Waals surface area (Å²) in [7, 11) is 0. The molecular weight excluding hydrogens is 344 g/mol. The Labute approximate surface area is 163 Å². The first-order chi connectivity index (χ1) is 13.4. The van der Waals surface area contributed by atoms with Gasteiger partial charge in [0.15, 0.2) is 0 Å². The summed E-state index contributed by atoms with van der Waals surface area (Å²) in [5.74, 6) is 0. The first-order valence-corrected chi connectivity index (χ1v) is 10.3. The average molecular weight is 381 g/mol. The standard InChI is InChI=1S/C21H36N2O4/c24-27-18-17-26-16-15-25-14-6-2-5-11-22-21-9-12-23(13-10-21)19-20-7-3-1-4-8-20/h1,3-4,7-8,21-22,24H,2,5-6,9-19H2. The molecular formula is C21H36N2O4. The highest BCUT2D eigenvalue weighted by Crippen LogP contribution is 2.14. The van der Waals surface area contributed by atoms with Crippen molar-refractivity contribution in [2.45, 2.75) is 44.7 Å². The van der Waals surface area contributed by atoms with Crippen LogP contribution in [0.15, 0.2) is 30.3 Å². The molecule has 0 unspecified atom stereocenters. The lowest BCUT2D eigenvalue weighted by molar-refractivity contribution is -0.249. The molecule has 154 valence electrons. The fourth-order valence-electron chi connectivity index (χ4n) is 3.37. The Balaban J connectivity index is 1.36. The molecule has 1 aliphatic heterocycles. The first-order valence-electron chi connectivity index (χ1n) is 10.3. The smallest absolute Gasteiger partial charge is 0.105 e. The van der Waals surface area contributed by atoms with Crippen molar-refractivity contribution in [3.8, 4) is 0 Å². The maximum absolute atomic E-state index is 8.14. The van der Waals surface area contributed by atoms with E-state index in [2.05, 4.69) is 45.4 Å². The van der Waals surface area contributed by atoms with Gasteiger partial charge in [0.1, 0.15) is 6.61 Å². The van der Waals surface area contributed by atoms with Gasteiger partial charge < -0.3 is 14.8 Å². The van der Waals surface area contributed by atoms with Crippen LogP contribution in [0.1, 0.15) is 37.7 Å². The van der Waals surface area contributed by atoms with Crippen LogP contribution < -0.4 is 5.32 Å². The van der Waals surface area contributed by atoms with Gasteiger partial charge in [-0.15, -0.1) is 0 Å². The molecule has 1 saturated heterocycles. The van der Waals surface area contributed by atoms with Crippen LogP contribution in [0.4, 0.5) is 0 Å². The van der Waals surface area contributed by atoms with Crippen LogP contribution in [0.5, 0.6) is 0 Å². The molecule has 6 nitrogen and oxygen atoms in total. The minimum absolute atomic E-state index is 0.207. The van der Waals surface area contributed by atoms with Crippen molar-refractivity contribution < 1.29 is 19.6 Å². The van der Waals surface area contributed by atoms with Gasteiger partial charge >= 0.3 is 0 Å². The maximum Gasteiger partial charge on any atom is 0.105 e. The SMILES string of the molecule is OOCCOCCOCCCCCNC1CCN(Cc2ccccc2)CC1. The Morgan fingerprint density at radius 3 is 2.33 bits per heavy atom. The third-order valence-corrected chi connectivity index (χ3v) is 4.93. The van der Waals surface area contributed by atoms with Crippen LogP contribution in [0.2, 0.25) is 0 Å². The fraction of sp³-hybridized carbons (Fsp3) is 0.714. The third kappa shape index (κ3) is 10.8. The Hall–Kier alpha value is -1.02. The molecule has 1 heterocycles. The minimum atomic E-state index is 0.207. The normalized spacial score (nSPS) is 16.0. The van der Waals surface area contributed by atoms with Crippen LogP contribution in [0, 0.1) is 0 Å². The van der Waals surface area contributed by atoms with E-state index in [1.54, 1.807) is 0 Å². The molecule has 0 spiro atoms. The van der Waals surface area contributed by atoms with Crippen LogP contribution in [-0.4, -0.2) is 68.9 Å². The van der Waals surface area contributed by atoms with Gasteiger partial charge in [-0.05, 0) is 57.3 Å². The predicted octanol–water partition coefficient (Wildman–Crippen LogP) is 2.93. The molecule has 1 aromatic rings. The van der Waals surface area contributed by atoms with Gasteiger partial charge in [0.25, 0.3) is 0 Å². The van der Waals surface area contributed by atoms with E-state index < -0.39 is 0 Å². The van der Waals surface area contributed by atoms with Crippen molar-refractivity contribution in [3.05, 3.63) is 35.9 Å². The Bertz CT molecular complexity index is 453. The van der Waals surface area contributed by atoms with E-state index in [-0.39, 0.29) is 6.61 Å². The third-order valence-electron chi connectivity index (χ3n) is 4.93. The van der Waals surface area contributed by atoms with Gasteiger partial charge in [-0.3, -0.25) is 10.2 Å². The van der Waals surface area contributed by atoms with Crippen molar-refractivity contribution in [1.29, 1.82) is 0 Å². The van der Waals surface area contributed by atoms with Crippen LogP contribution >= 0.6 is 0 Å². The molecule has 1 aromatic carbocycles. The fourth-order valence-corrected chi connectivity index (χ4v) is 3.37. The molecule has 0 aromatic heterocycles. The number of nitrogens with one attached hydrogen (secondary N) is 1. The average Bonchev–Trinajstić information content (AvgIpc) is 2.71. The van der Waals surface area contributed by atoms with Crippen molar-refractivity contribution in [3.63, 3.8) is 0 Å². The van der Waals surface area contributed by atoms with Gasteiger partial charge in [-0.1, -0.05) is 30.3 Å². The zero-order valence-electron chi connectivity index (χ0n) is 16.5. The number of ether oxygens (including phenoxy) is 2. The van der Waals surface area contributed by atoms with E-state index in [0.717, 1.165) is 26.1 Å². The number of unbranched alkanes of at least 4 members (excludes halogenated alkanes) is 2. The topological polar surface area (TPSA) is 63.2 Å². The van der Waals surface area contributed by atoms with Crippen molar-refractivity contribution in [2.24, 2.45) is 0 Å². The number of nitrogens with zero attached hydrogens (tertiary/aromatic N) is 1. The number of piperidine rings is 1. The van der Waals surface area contributed by atoms with Gasteiger partial charge in [-0.25, -0.2) is 4.89 Å². The summed E-state index contributed by atoms with van der Waals surface area (Å²) in [6, 6.07) is 11.4. The summed E-state index contributed by atoms with van der Waals surface area (Å²) >= 11 is 0. The lowest BCUT2D eigenvalue weighted by Crippen LogP contribution is -2.42. The lowest BCUT2D eigenvalue weighted by atomic mass is 10.0. The quantitative estimate of drug-likeness (QED) is 0.277. The second-order valence-electron chi connectivity index (χ2n) is 7.11. The van der Waals surface area contributed by atoms with E-state index in [4.69, 9.17) is 14.7 Å². The molecule has 0 aliphatic carbocycles. The van der Waals surface area contributed by atoms with Crippen LogP contribution in [0.3, 0.4) is 0 Å². The monoisotopic (exact) mass is 380 g/mol. The molecule has 0 saturated carbocycles. The summed E-state index contributed by atoms with van der Waals surface area (Å²) in [4.78, 5) is 6.48. The summed E-state index contributed by atoms with van der Waals surface area (Å²) in [5.41, 5.74) is 1.41. The number of benzene rings is 1.